The third kappa shape index (κ3) is 8.77. The summed E-state index contributed by atoms with van der Waals surface area (Å²) in [6.07, 6.45) is 10.6. The van der Waals surface area contributed by atoms with Crippen molar-refractivity contribution in [1.29, 1.82) is 0 Å². The van der Waals surface area contributed by atoms with E-state index in [9.17, 15) is 9.90 Å². The van der Waals surface area contributed by atoms with E-state index in [-0.39, 0.29) is 5.92 Å². The van der Waals surface area contributed by atoms with Crippen molar-refractivity contribution in [3.63, 3.8) is 0 Å². The molecule has 0 saturated carbocycles. The van der Waals surface area contributed by atoms with Gasteiger partial charge in [0.15, 0.2) is 0 Å². The van der Waals surface area contributed by atoms with Gasteiger partial charge in [-0.1, -0.05) is 89.1 Å². The van der Waals surface area contributed by atoms with Crippen LogP contribution in [0.25, 0.3) is 0 Å². The Morgan fingerprint density at radius 1 is 1.00 bits per heavy atom. The number of unbranched alkanes of at least 4 members (excludes halogenated alkanes) is 5. The molecule has 0 bridgehead atoms. The molecule has 1 N–H and O–H groups in total. The summed E-state index contributed by atoms with van der Waals surface area (Å²) in [6.45, 7) is 4.51. The molecule has 3 heteroatoms. The van der Waals surface area contributed by atoms with Crippen molar-refractivity contribution in [2.45, 2.75) is 71.1 Å². The Hall–Kier alpha value is -0.960. The maximum absolute atomic E-state index is 11.5. The van der Waals surface area contributed by atoms with Crippen molar-refractivity contribution in [3.8, 4) is 0 Å². The topological polar surface area (TPSA) is 37.3 Å². The second kappa shape index (κ2) is 13.3. The fraction of sp³-hybridized carbons (Fsp3) is 0.667. The smallest absolute Gasteiger partial charge is 0.311 e. The van der Waals surface area contributed by atoms with Gasteiger partial charge >= 0.3 is 5.97 Å². The molecular weight excluding hydrogens is 316 g/mol. The number of hydrogen-bond donors (Lipinski definition) is 1. The van der Waals surface area contributed by atoms with Crippen LogP contribution in [0.5, 0.6) is 0 Å². The Bertz CT molecular complexity index is 433. The third-order valence-electron chi connectivity index (χ3n) is 4.68. The fourth-order valence-electron chi connectivity index (χ4n) is 2.97. The largest absolute Gasteiger partial charge is 0.481 e. The van der Waals surface area contributed by atoms with Gasteiger partial charge in [0, 0.05) is 5.75 Å². The number of benzene rings is 1. The van der Waals surface area contributed by atoms with E-state index < -0.39 is 5.97 Å². The SMILES string of the molecule is CCCCCCCCC(CC)CSCC(C(=O)O)c1ccccc1. The monoisotopic (exact) mass is 350 g/mol. The molecule has 0 saturated heterocycles. The number of carboxylic acids is 1. The molecule has 0 aliphatic carbocycles. The first-order valence-electron chi connectivity index (χ1n) is 9.54. The highest BCUT2D eigenvalue weighted by atomic mass is 32.2. The average molecular weight is 351 g/mol. The van der Waals surface area contributed by atoms with E-state index in [2.05, 4.69) is 13.8 Å². The lowest BCUT2D eigenvalue weighted by molar-refractivity contribution is -0.138. The summed E-state index contributed by atoms with van der Waals surface area (Å²) in [5.74, 6) is 1.39. The molecule has 0 aromatic heterocycles. The van der Waals surface area contributed by atoms with Gasteiger partial charge in [0.25, 0.3) is 0 Å². The van der Waals surface area contributed by atoms with Crippen molar-refractivity contribution in [2.24, 2.45) is 5.92 Å². The van der Waals surface area contributed by atoms with Crippen LogP contribution in [-0.2, 0) is 4.79 Å². The molecule has 1 aromatic rings. The number of rotatable bonds is 14. The van der Waals surface area contributed by atoms with E-state index in [4.69, 9.17) is 0 Å². The summed E-state index contributed by atoms with van der Waals surface area (Å²) in [5, 5.41) is 9.48. The molecule has 2 unspecified atom stereocenters. The molecule has 0 heterocycles. The molecule has 2 atom stereocenters. The van der Waals surface area contributed by atoms with Crippen LogP contribution in [0, 0.1) is 5.92 Å². The maximum atomic E-state index is 11.5. The molecule has 0 fully saturated rings. The molecule has 136 valence electrons. The third-order valence-corrected chi connectivity index (χ3v) is 5.96. The molecule has 1 rings (SSSR count). The standard InChI is InChI=1S/C21H34O2S/c1-3-5-6-7-8-10-13-18(4-2)16-24-17-20(21(22)23)19-14-11-9-12-15-19/h9,11-12,14-15,18,20H,3-8,10,13,16-17H2,1-2H3,(H,22,23). The van der Waals surface area contributed by atoms with Gasteiger partial charge in [-0.3, -0.25) is 4.79 Å². The summed E-state index contributed by atoms with van der Waals surface area (Å²) in [5.41, 5.74) is 0.918. The Kier molecular flexibility index (Phi) is 11.7. The van der Waals surface area contributed by atoms with Gasteiger partial charge in [0.1, 0.15) is 0 Å². The van der Waals surface area contributed by atoms with Crippen molar-refractivity contribution >= 4 is 17.7 Å². The summed E-state index contributed by atoms with van der Waals surface area (Å²) >= 11 is 1.81. The highest BCUT2D eigenvalue weighted by Crippen LogP contribution is 2.25. The molecule has 0 aliphatic rings. The van der Waals surface area contributed by atoms with Gasteiger partial charge in [-0.05, 0) is 23.7 Å². The van der Waals surface area contributed by atoms with Crippen LogP contribution >= 0.6 is 11.8 Å². The summed E-state index contributed by atoms with van der Waals surface area (Å²) in [7, 11) is 0. The van der Waals surface area contributed by atoms with Crippen LogP contribution < -0.4 is 0 Å². The van der Waals surface area contributed by atoms with Gasteiger partial charge in [0.2, 0.25) is 0 Å². The quantitative estimate of drug-likeness (QED) is 0.396. The zero-order chi connectivity index (χ0) is 17.6. The summed E-state index contributed by atoms with van der Waals surface area (Å²) in [4.78, 5) is 11.5. The van der Waals surface area contributed by atoms with Crippen LogP contribution in [0.4, 0.5) is 0 Å². The first-order valence-corrected chi connectivity index (χ1v) is 10.7. The number of carbonyl (C=O) groups is 1. The van der Waals surface area contributed by atoms with E-state index in [1.165, 1.54) is 51.4 Å². The molecule has 24 heavy (non-hydrogen) atoms. The van der Waals surface area contributed by atoms with E-state index in [1.807, 2.05) is 42.1 Å². The van der Waals surface area contributed by atoms with E-state index in [1.54, 1.807) is 0 Å². The first-order chi connectivity index (χ1) is 11.7. The van der Waals surface area contributed by atoms with Crippen molar-refractivity contribution < 1.29 is 9.90 Å². The van der Waals surface area contributed by atoms with Gasteiger partial charge in [0.05, 0.1) is 5.92 Å². The van der Waals surface area contributed by atoms with Crippen LogP contribution in [0.2, 0.25) is 0 Å². The number of carboxylic acid groups (broad SMARTS) is 1. The van der Waals surface area contributed by atoms with Crippen molar-refractivity contribution in [3.05, 3.63) is 35.9 Å². The van der Waals surface area contributed by atoms with E-state index in [0.717, 1.165) is 17.2 Å². The Balaban J connectivity index is 2.28. The minimum absolute atomic E-state index is 0.386. The molecule has 1 aromatic carbocycles. The molecule has 0 aliphatic heterocycles. The second-order valence-corrected chi connectivity index (χ2v) is 7.74. The van der Waals surface area contributed by atoms with Gasteiger partial charge in [-0.15, -0.1) is 0 Å². The number of hydrogen-bond acceptors (Lipinski definition) is 2. The summed E-state index contributed by atoms with van der Waals surface area (Å²) < 4.78 is 0. The normalized spacial score (nSPS) is 13.6. The van der Waals surface area contributed by atoms with Gasteiger partial charge < -0.3 is 5.11 Å². The molecular formula is C21H34O2S. The minimum atomic E-state index is -0.710. The second-order valence-electron chi connectivity index (χ2n) is 6.67. The zero-order valence-corrected chi connectivity index (χ0v) is 16.2. The van der Waals surface area contributed by atoms with Crippen LogP contribution in [0.3, 0.4) is 0 Å². The van der Waals surface area contributed by atoms with Crippen molar-refractivity contribution in [2.75, 3.05) is 11.5 Å². The highest BCUT2D eigenvalue weighted by Gasteiger charge is 2.20. The van der Waals surface area contributed by atoms with Gasteiger partial charge in [-0.2, -0.15) is 11.8 Å². The van der Waals surface area contributed by atoms with Crippen LogP contribution in [-0.4, -0.2) is 22.6 Å². The molecule has 0 radical (unpaired) electrons. The van der Waals surface area contributed by atoms with E-state index in [0.29, 0.717) is 5.75 Å². The van der Waals surface area contributed by atoms with Gasteiger partial charge in [-0.25, -0.2) is 0 Å². The predicted molar refractivity (Wildman–Crippen MR) is 106 cm³/mol. The lowest BCUT2D eigenvalue weighted by Gasteiger charge is -2.17. The predicted octanol–water partition coefficient (Wildman–Crippen LogP) is 6.36. The number of thioether (sulfide) groups is 1. The Labute approximate surface area is 152 Å². The first kappa shape index (κ1) is 21.1. The van der Waals surface area contributed by atoms with Crippen LogP contribution in [0.15, 0.2) is 30.3 Å². The minimum Gasteiger partial charge on any atom is -0.481 e. The Morgan fingerprint density at radius 3 is 2.29 bits per heavy atom. The molecule has 0 amide bonds. The van der Waals surface area contributed by atoms with E-state index >= 15 is 0 Å². The zero-order valence-electron chi connectivity index (χ0n) is 15.4. The summed E-state index contributed by atoms with van der Waals surface area (Å²) in [6, 6.07) is 9.62. The number of aliphatic carboxylic acids is 1. The molecule has 0 spiro atoms. The Morgan fingerprint density at radius 2 is 1.67 bits per heavy atom. The fourth-order valence-corrected chi connectivity index (χ4v) is 4.41. The lowest BCUT2D eigenvalue weighted by Crippen LogP contribution is -2.15. The average Bonchev–Trinajstić information content (AvgIpc) is 2.60. The lowest BCUT2D eigenvalue weighted by atomic mass is 10.00. The van der Waals surface area contributed by atoms with Crippen LogP contribution in [0.1, 0.15) is 76.7 Å². The molecule has 2 nitrogen and oxygen atoms in total. The maximum Gasteiger partial charge on any atom is 0.311 e. The highest BCUT2D eigenvalue weighted by molar-refractivity contribution is 7.99. The van der Waals surface area contributed by atoms with Crippen molar-refractivity contribution in [1.82, 2.24) is 0 Å².